The molecule has 25 heavy (non-hydrogen) atoms. The number of rotatable bonds is 6. The van der Waals surface area contributed by atoms with Crippen molar-refractivity contribution in [1.29, 1.82) is 0 Å². The normalized spacial score (nSPS) is 10.1. The smallest absolute Gasteiger partial charge is 0.257 e. The molecule has 5 nitrogen and oxygen atoms in total. The minimum atomic E-state index is -0.180. The second-order valence-electron chi connectivity index (χ2n) is 5.36. The largest absolute Gasteiger partial charge is 0.494 e. The van der Waals surface area contributed by atoms with Crippen LogP contribution >= 0.6 is 0 Å². The summed E-state index contributed by atoms with van der Waals surface area (Å²) < 4.78 is 5.43. The number of amides is 1. The van der Waals surface area contributed by atoms with Gasteiger partial charge < -0.3 is 15.4 Å². The molecule has 0 atom stereocenters. The van der Waals surface area contributed by atoms with E-state index in [1.54, 1.807) is 18.3 Å². The number of aromatic nitrogens is 1. The van der Waals surface area contributed by atoms with Crippen molar-refractivity contribution in [2.75, 3.05) is 17.2 Å². The molecule has 0 aliphatic heterocycles. The molecule has 3 aromatic rings. The summed E-state index contributed by atoms with van der Waals surface area (Å²) in [4.78, 5) is 16.0. The van der Waals surface area contributed by atoms with E-state index in [0.29, 0.717) is 12.2 Å². The molecule has 1 amide bonds. The minimum Gasteiger partial charge on any atom is -0.494 e. The highest BCUT2D eigenvalue weighted by Crippen LogP contribution is 2.21. The Morgan fingerprint density at radius 1 is 0.960 bits per heavy atom. The zero-order valence-electron chi connectivity index (χ0n) is 13.9. The lowest BCUT2D eigenvalue weighted by molar-refractivity contribution is 0.102. The van der Waals surface area contributed by atoms with Gasteiger partial charge in [0.25, 0.3) is 5.91 Å². The van der Waals surface area contributed by atoms with Crippen molar-refractivity contribution < 1.29 is 9.53 Å². The maximum atomic E-state index is 12.1. The first-order valence-corrected chi connectivity index (χ1v) is 8.06. The van der Waals surface area contributed by atoms with Crippen molar-refractivity contribution in [2.45, 2.75) is 6.92 Å². The van der Waals surface area contributed by atoms with Gasteiger partial charge in [0.2, 0.25) is 0 Å². The molecule has 1 heterocycles. The van der Waals surface area contributed by atoms with Gasteiger partial charge in [0, 0.05) is 29.5 Å². The van der Waals surface area contributed by atoms with E-state index in [1.807, 2.05) is 55.5 Å². The molecular formula is C20H19N3O2. The van der Waals surface area contributed by atoms with E-state index in [4.69, 9.17) is 4.74 Å². The SMILES string of the molecule is CCOc1ccc(Nc2ccc(NC(=O)c3cccnc3)cc2)cc1. The summed E-state index contributed by atoms with van der Waals surface area (Å²) in [5.74, 6) is 0.668. The molecule has 2 N–H and O–H groups in total. The number of nitrogens with one attached hydrogen (secondary N) is 2. The molecule has 0 aliphatic rings. The predicted octanol–water partition coefficient (Wildman–Crippen LogP) is 4.48. The first kappa shape index (κ1) is 16.5. The maximum Gasteiger partial charge on any atom is 0.257 e. The van der Waals surface area contributed by atoms with E-state index >= 15 is 0 Å². The molecule has 1 aromatic heterocycles. The number of anilines is 3. The van der Waals surface area contributed by atoms with E-state index in [-0.39, 0.29) is 5.91 Å². The molecule has 0 fully saturated rings. The van der Waals surface area contributed by atoms with Crippen LogP contribution in [0.5, 0.6) is 5.75 Å². The van der Waals surface area contributed by atoms with Crippen molar-refractivity contribution >= 4 is 23.0 Å². The van der Waals surface area contributed by atoms with Gasteiger partial charge in [0.1, 0.15) is 5.75 Å². The highest BCUT2D eigenvalue weighted by Gasteiger charge is 2.05. The number of hydrogen-bond acceptors (Lipinski definition) is 4. The lowest BCUT2D eigenvalue weighted by atomic mass is 10.2. The number of carbonyl (C=O) groups is 1. The molecule has 0 radical (unpaired) electrons. The summed E-state index contributed by atoms with van der Waals surface area (Å²) in [7, 11) is 0. The minimum absolute atomic E-state index is 0.180. The van der Waals surface area contributed by atoms with Gasteiger partial charge in [-0.05, 0) is 67.6 Å². The van der Waals surface area contributed by atoms with Crippen molar-refractivity contribution in [1.82, 2.24) is 4.98 Å². The molecular weight excluding hydrogens is 314 g/mol. The molecule has 0 bridgehead atoms. The molecule has 0 saturated heterocycles. The highest BCUT2D eigenvalue weighted by molar-refractivity contribution is 6.04. The van der Waals surface area contributed by atoms with Crippen LogP contribution < -0.4 is 15.4 Å². The number of benzene rings is 2. The molecule has 0 aliphatic carbocycles. The molecule has 126 valence electrons. The van der Waals surface area contributed by atoms with Crippen LogP contribution in [0.25, 0.3) is 0 Å². The lowest BCUT2D eigenvalue weighted by Gasteiger charge is -2.09. The van der Waals surface area contributed by atoms with E-state index in [9.17, 15) is 4.79 Å². The van der Waals surface area contributed by atoms with Crippen LogP contribution in [0.3, 0.4) is 0 Å². The van der Waals surface area contributed by atoms with Crippen LogP contribution in [-0.4, -0.2) is 17.5 Å². The van der Waals surface area contributed by atoms with Crippen LogP contribution in [0, 0.1) is 0 Å². The quantitative estimate of drug-likeness (QED) is 0.698. The molecule has 3 rings (SSSR count). The van der Waals surface area contributed by atoms with Gasteiger partial charge >= 0.3 is 0 Å². The number of nitrogens with zero attached hydrogens (tertiary/aromatic N) is 1. The van der Waals surface area contributed by atoms with Gasteiger partial charge in [0.15, 0.2) is 0 Å². The summed E-state index contributed by atoms with van der Waals surface area (Å²) in [6.45, 7) is 2.61. The third-order valence-electron chi connectivity index (χ3n) is 3.52. The average Bonchev–Trinajstić information content (AvgIpc) is 2.66. The Bertz CT molecular complexity index is 816. The van der Waals surface area contributed by atoms with Crippen molar-refractivity contribution in [3.05, 3.63) is 78.6 Å². The standard InChI is InChI=1S/C20H19N3O2/c1-2-25-19-11-9-17(10-12-19)22-16-5-7-18(8-6-16)23-20(24)15-4-3-13-21-14-15/h3-14,22H,2H2,1H3,(H,23,24). The highest BCUT2D eigenvalue weighted by atomic mass is 16.5. The van der Waals surface area contributed by atoms with Crippen molar-refractivity contribution in [2.24, 2.45) is 0 Å². The van der Waals surface area contributed by atoms with Gasteiger partial charge in [-0.1, -0.05) is 0 Å². The van der Waals surface area contributed by atoms with E-state index < -0.39 is 0 Å². The van der Waals surface area contributed by atoms with Gasteiger partial charge in [-0.3, -0.25) is 9.78 Å². The third kappa shape index (κ3) is 4.57. The molecule has 0 spiro atoms. The third-order valence-corrected chi connectivity index (χ3v) is 3.52. The zero-order valence-corrected chi connectivity index (χ0v) is 13.9. The second kappa shape index (κ2) is 7.97. The number of carbonyl (C=O) groups excluding carboxylic acids is 1. The number of hydrogen-bond donors (Lipinski definition) is 2. The van der Waals surface area contributed by atoms with Crippen molar-refractivity contribution in [3.8, 4) is 5.75 Å². The van der Waals surface area contributed by atoms with E-state index in [2.05, 4.69) is 15.6 Å². The van der Waals surface area contributed by atoms with Crippen LogP contribution in [0.4, 0.5) is 17.1 Å². The van der Waals surface area contributed by atoms with Crippen LogP contribution in [0.1, 0.15) is 17.3 Å². The summed E-state index contributed by atoms with van der Waals surface area (Å²) >= 11 is 0. The molecule has 5 heteroatoms. The Morgan fingerprint density at radius 3 is 2.20 bits per heavy atom. The Balaban J connectivity index is 1.61. The van der Waals surface area contributed by atoms with Gasteiger partial charge in [-0.25, -0.2) is 0 Å². The summed E-state index contributed by atoms with van der Waals surface area (Å²) in [5.41, 5.74) is 3.16. The van der Waals surface area contributed by atoms with E-state index in [1.165, 1.54) is 6.20 Å². The lowest BCUT2D eigenvalue weighted by Crippen LogP contribution is -2.11. The topological polar surface area (TPSA) is 63.2 Å². The second-order valence-corrected chi connectivity index (χ2v) is 5.36. The monoisotopic (exact) mass is 333 g/mol. The fourth-order valence-electron chi connectivity index (χ4n) is 2.31. The summed E-state index contributed by atoms with van der Waals surface area (Å²) in [6, 6.07) is 18.8. The Hall–Kier alpha value is -3.34. The Kier molecular flexibility index (Phi) is 5.26. The Labute approximate surface area is 146 Å². The fraction of sp³-hybridized carbons (Fsp3) is 0.100. The number of ether oxygens (including phenoxy) is 1. The van der Waals surface area contributed by atoms with Crippen molar-refractivity contribution in [3.63, 3.8) is 0 Å². The maximum absolute atomic E-state index is 12.1. The first-order valence-electron chi connectivity index (χ1n) is 8.06. The van der Waals surface area contributed by atoms with Gasteiger partial charge in [-0.2, -0.15) is 0 Å². The molecule has 0 saturated carbocycles. The summed E-state index contributed by atoms with van der Waals surface area (Å²) in [5, 5.41) is 6.15. The molecule has 2 aromatic carbocycles. The molecule has 0 unspecified atom stereocenters. The Morgan fingerprint density at radius 2 is 1.60 bits per heavy atom. The summed E-state index contributed by atoms with van der Waals surface area (Å²) in [6.07, 6.45) is 3.18. The van der Waals surface area contributed by atoms with E-state index in [0.717, 1.165) is 22.8 Å². The van der Waals surface area contributed by atoms with Gasteiger partial charge in [-0.15, -0.1) is 0 Å². The van der Waals surface area contributed by atoms with Crippen LogP contribution in [0.15, 0.2) is 73.1 Å². The first-order chi connectivity index (χ1) is 12.2. The van der Waals surface area contributed by atoms with Crippen LogP contribution in [-0.2, 0) is 0 Å². The predicted molar refractivity (Wildman–Crippen MR) is 99.5 cm³/mol. The number of pyridine rings is 1. The zero-order chi connectivity index (χ0) is 17.5. The van der Waals surface area contributed by atoms with Crippen LogP contribution in [0.2, 0.25) is 0 Å². The average molecular weight is 333 g/mol. The fourth-order valence-corrected chi connectivity index (χ4v) is 2.31. The van der Waals surface area contributed by atoms with Gasteiger partial charge in [0.05, 0.1) is 12.2 Å².